The van der Waals surface area contributed by atoms with Crippen molar-refractivity contribution in [2.24, 2.45) is 4.99 Å². The van der Waals surface area contributed by atoms with Crippen LogP contribution in [-0.2, 0) is 16.1 Å². The predicted octanol–water partition coefficient (Wildman–Crippen LogP) is 2.31. The largest absolute Gasteiger partial charge is 0.466 e. The Bertz CT molecular complexity index is 1470. The van der Waals surface area contributed by atoms with Gasteiger partial charge >= 0.3 is 5.97 Å². The molecule has 1 atom stereocenters. The third-order valence-corrected chi connectivity index (χ3v) is 7.15. The summed E-state index contributed by atoms with van der Waals surface area (Å²) in [5, 5.41) is 4.56. The summed E-state index contributed by atoms with van der Waals surface area (Å²) >= 11 is 1.32. The Balaban J connectivity index is 1.96. The molecule has 3 heterocycles. The number of methoxy groups -OCH3 is 1. The number of carbonyl (C=O) groups excluding carboxylic acids is 1. The number of thiazole rings is 1. The molecule has 0 N–H and O–H groups in total. The summed E-state index contributed by atoms with van der Waals surface area (Å²) in [4.78, 5) is 33.7. The lowest BCUT2D eigenvalue weighted by Crippen LogP contribution is -2.39. The Morgan fingerprint density at radius 2 is 1.88 bits per heavy atom. The molecule has 178 valence electrons. The van der Waals surface area contributed by atoms with Crippen molar-refractivity contribution in [3.8, 4) is 0 Å². The average molecular weight is 480 g/mol. The van der Waals surface area contributed by atoms with E-state index in [4.69, 9.17) is 4.74 Å². The minimum Gasteiger partial charge on any atom is -0.466 e. The lowest BCUT2D eigenvalue weighted by Gasteiger charge is -2.25. The smallest absolute Gasteiger partial charge is 0.338 e. The molecule has 4 rings (SSSR count). The number of nitrogens with zero attached hydrogens (tertiary/aromatic N) is 5. The summed E-state index contributed by atoms with van der Waals surface area (Å²) in [5.74, 6) is -0.492. The summed E-state index contributed by atoms with van der Waals surface area (Å²) in [6.07, 6.45) is 1.89. The van der Waals surface area contributed by atoms with Crippen molar-refractivity contribution in [3.05, 3.63) is 77.7 Å². The number of ether oxygens (including phenoxy) is 1. The molecule has 3 aromatic rings. The Morgan fingerprint density at radius 3 is 2.44 bits per heavy atom. The van der Waals surface area contributed by atoms with Crippen molar-refractivity contribution >= 4 is 29.1 Å². The van der Waals surface area contributed by atoms with E-state index in [-0.39, 0.29) is 5.56 Å². The molecule has 0 aliphatic carbocycles. The highest BCUT2D eigenvalue weighted by Crippen LogP contribution is 2.31. The van der Waals surface area contributed by atoms with Crippen molar-refractivity contribution in [3.63, 3.8) is 0 Å². The number of anilines is 1. The normalized spacial score (nSPS) is 15.9. The lowest BCUT2D eigenvalue weighted by molar-refractivity contribution is -0.136. The van der Waals surface area contributed by atoms with Gasteiger partial charge in [-0.1, -0.05) is 23.5 Å². The van der Waals surface area contributed by atoms with Gasteiger partial charge in [-0.3, -0.25) is 14.0 Å². The first kappa shape index (κ1) is 23.7. The summed E-state index contributed by atoms with van der Waals surface area (Å²) in [6, 6.07) is 7.21. The van der Waals surface area contributed by atoms with Crippen molar-refractivity contribution in [2.75, 3.05) is 26.1 Å². The third kappa shape index (κ3) is 3.90. The minimum atomic E-state index is -0.623. The fourth-order valence-electron chi connectivity index (χ4n) is 4.32. The van der Waals surface area contributed by atoms with Gasteiger partial charge in [0, 0.05) is 37.6 Å². The van der Waals surface area contributed by atoms with E-state index in [9.17, 15) is 9.59 Å². The van der Waals surface area contributed by atoms with Crippen LogP contribution >= 0.6 is 11.3 Å². The third-order valence-electron chi connectivity index (χ3n) is 6.16. The molecule has 8 nitrogen and oxygen atoms in total. The summed E-state index contributed by atoms with van der Waals surface area (Å²) in [7, 11) is 5.27. The number of benzene rings is 1. The Hall–Kier alpha value is -3.46. The monoisotopic (exact) mass is 479 g/mol. The zero-order valence-corrected chi connectivity index (χ0v) is 21.4. The van der Waals surface area contributed by atoms with E-state index in [0.29, 0.717) is 20.6 Å². The van der Waals surface area contributed by atoms with Crippen LogP contribution in [0.25, 0.3) is 6.08 Å². The molecule has 9 heteroatoms. The number of aryl methyl sites for hydroxylation is 2. The molecule has 0 saturated heterocycles. The van der Waals surface area contributed by atoms with Crippen LogP contribution in [-0.4, -0.2) is 41.5 Å². The first-order valence-corrected chi connectivity index (χ1v) is 11.9. The second-order valence-corrected chi connectivity index (χ2v) is 9.47. The molecule has 0 bridgehead atoms. The zero-order valence-electron chi connectivity index (χ0n) is 20.5. The maximum Gasteiger partial charge on any atom is 0.338 e. The second kappa shape index (κ2) is 9.06. The molecule has 1 aliphatic heterocycles. The van der Waals surface area contributed by atoms with Gasteiger partial charge in [0.15, 0.2) is 4.80 Å². The van der Waals surface area contributed by atoms with Gasteiger partial charge < -0.3 is 9.64 Å². The molecule has 0 spiro atoms. The number of fused-ring (bicyclic) bond motifs is 1. The number of aromatic nitrogens is 3. The molecular formula is C25H29N5O3S. The van der Waals surface area contributed by atoms with Crippen LogP contribution in [0.4, 0.5) is 5.69 Å². The van der Waals surface area contributed by atoms with Crippen LogP contribution in [0.3, 0.4) is 0 Å². The number of hydrogen-bond acceptors (Lipinski definition) is 7. The molecule has 1 aromatic carbocycles. The highest BCUT2D eigenvalue weighted by Gasteiger charge is 2.33. The molecule has 1 unspecified atom stereocenters. The molecule has 34 heavy (non-hydrogen) atoms. The van der Waals surface area contributed by atoms with Crippen LogP contribution in [0.5, 0.6) is 0 Å². The fourth-order valence-corrected chi connectivity index (χ4v) is 5.35. The minimum absolute atomic E-state index is 0.192. The van der Waals surface area contributed by atoms with Crippen LogP contribution in [0, 0.1) is 13.8 Å². The quantitative estimate of drug-likeness (QED) is 0.525. The summed E-state index contributed by atoms with van der Waals surface area (Å²) < 4.78 is 9.16. The lowest BCUT2D eigenvalue weighted by atomic mass is 9.95. The molecule has 1 aliphatic rings. The molecule has 0 saturated carbocycles. The molecule has 0 amide bonds. The highest BCUT2D eigenvalue weighted by atomic mass is 32.1. The number of hydrogen-bond donors (Lipinski definition) is 0. The Kier molecular flexibility index (Phi) is 6.31. The highest BCUT2D eigenvalue weighted by molar-refractivity contribution is 7.07. The van der Waals surface area contributed by atoms with Crippen LogP contribution < -0.4 is 19.8 Å². The van der Waals surface area contributed by atoms with Gasteiger partial charge in [-0.15, -0.1) is 0 Å². The summed E-state index contributed by atoms with van der Waals surface area (Å²) in [5.41, 5.74) is 5.37. The van der Waals surface area contributed by atoms with Crippen molar-refractivity contribution in [2.45, 2.75) is 40.3 Å². The molecule has 0 fully saturated rings. The first-order valence-electron chi connectivity index (χ1n) is 11.1. The average Bonchev–Trinajstić information content (AvgIpc) is 3.27. The first-order chi connectivity index (χ1) is 16.2. The van der Waals surface area contributed by atoms with Crippen LogP contribution in [0.1, 0.15) is 42.4 Å². The zero-order chi connectivity index (χ0) is 24.7. The van der Waals surface area contributed by atoms with Gasteiger partial charge in [0.1, 0.15) is 0 Å². The number of carbonyl (C=O) groups is 1. The SMILES string of the molecule is CCn1nc(C)c(C=c2sc3n(c2=O)C(c2ccc(N(C)C)cc2)C(C(=O)OC)=C(C)N=3)c1C. The standard InChI is InChI=1S/C25H29N5O3S/c1-8-29-16(4)19(14(2)27-29)13-20-23(31)30-22(17-9-11-18(12-10-17)28(5)6)21(24(32)33-7)15(3)26-25(30)34-20/h9-13,22H,8H2,1-7H3. The molecule has 2 aromatic heterocycles. The number of esters is 1. The van der Waals surface area contributed by atoms with Gasteiger partial charge in [0.2, 0.25) is 0 Å². The van der Waals surface area contributed by atoms with E-state index in [0.717, 1.165) is 34.7 Å². The summed E-state index contributed by atoms with van der Waals surface area (Å²) in [6.45, 7) is 8.52. The van der Waals surface area contributed by atoms with Gasteiger partial charge in [-0.05, 0) is 51.5 Å². The van der Waals surface area contributed by atoms with E-state index in [2.05, 4.69) is 10.1 Å². The van der Waals surface area contributed by atoms with Crippen molar-refractivity contribution < 1.29 is 9.53 Å². The van der Waals surface area contributed by atoms with E-state index < -0.39 is 12.0 Å². The topological polar surface area (TPSA) is 81.7 Å². The Morgan fingerprint density at radius 1 is 1.21 bits per heavy atom. The van der Waals surface area contributed by atoms with E-state index in [1.165, 1.54) is 18.4 Å². The van der Waals surface area contributed by atoms with Gasteiger partial charge in [-0.2, -0.15) is 5.10 Å². The van der Waals surface area contributed by atoms with Crippen molar-refractivity contribution in [1.82, 2.24) is 14.3 Å². The molecule has 0 radical (unpaired) electrons. The maximum absolute atomic E-state index is 13.7. The predicted molar refractivity (Wildman–Crippen MR) is 134 cm³/mol. The van der Waals surface area contributed by atoms with Crippen LogP contribution in [0.2, 0.25) is 0 Å². The van der Waals surface area contributed by atoms with Gasteiger partial charge in [0.05, 0.1) is 34.6 Å². The second-order valence-electron chi connectivity index (χ2n) is 8.46. The Labute approximate surface area is 202 Å². The van der Waals surface area contributed by atoms with E-state index in [1.54, 1.807) is 11.5 Å². The van der Waals surface area contributed by atoms with E-state index in [1.807, 2.05) is 74.8 Å². The van der Waals surface area contributed by atoms with E-state index >= 15 is 0 Å². The fraction of sp³-hybridized carbons (Fsp3) is 0.360. The number of rotatable bonds is 5. The van der Waals surface area contributed by atoms with Crippen molar-refractivity contribution in [1.29, 1.82) is 0 Å². The van der Waals surface area contributed by atoms with Gasteiger partial charge in [0.25, 0.3) is 5.56 Å². The maximum atomic E-state index is 13.7. The van der Waals surface area contributed by atoms with Gasteiger partial charge in [-0.25, -0.2) is 9.79 Å². The van der Waals surface area contributed by atoms with Crippen LogP contribution in [0.15, 0.2) is 45.3 Å². The molecular weight excluding hydrogens is 450 g/mol. The number of allylic oxidation sites excluding steroid dienone is 1.